The van der Waals surface area contributed by atoms with Crippen LogP contribution in [0.15, 0.2) is 12.1 Å². The van der Waals surface area contributed by atoms with Crippen LogP contribution < -0.4 is 33.7 Å². The van der Waals surface area contributed by atoms with Gasteiger partial charge in [0, 0.05) is 0 Å². The molecule has 0 saturated carbocycles. The van der Waals surface area contributed by atoms with Crippen LogP contribution in [-0.4, -0.2) is 23.5 Å². The van der Waals surface area contributed by atoms with E-state index in [0.29, 0.717) is 0 Å². The van der Waals surface area contributed by atoms with E-state index in [9.17, 15) is 0 Å². The van der Waals surface area contributed by atoms with E-state index in [2.05, 4.69) is 121 Å². The predicted octanol–water partition coefficient (Wildman–Crippen LogP) is 2.16. The molecule has 0 heterocycles. The molecule has 0 atom stereocenters. The minimum Gasteiger partial charge on any atom is -1.00 e. The van der Waals surface area contributed by atoms with Crippen LogP contribution in [0.25, 0.3) is 0 Å². The summed E-state index contributed by atoms with van der Waals surface area (Å²) in [6, 6.07) is 4.56. The summed E-state index contributed by atoms with van der Waals surface area (Å²) in [6.07, 6.45) is 0. The molecule has 0 aliphatic heterocycles. The number of rotatable bonds is 4. The maximum absolute atomic E-state index is 6.06. The van der Waals surface area contributed by atoms with E-state index in [1.54, 1.807) is 23.3 Å². The maximum Gasteiger partial charge on any atom is 0.226 e. The molecule has 0 amide bonds. The first-order chi connectivity index (χ1) is 15.2. The Morgan fingerprint density at radius 3 is 1.06 bits per heavy atom. The smallest absolute Gasteiger partial charge is 0.226 e. The molecular weight excluding hydrogens is 615 g/mol. The Morgan fingerprint density at radius 2 is 0.889 bits per heavy atom. The number of hydrogen-bond acceptors (Lipinski definition) is 2. The van der Waals surface area contributed by atoms with Gasteiger partial charge in [-0.1, -0.05) is 80.1 Å². The molecule has 0 aliphatic rings. The third-order valence-electron chi connectivity index (χ3n) is 5.40. The Hall–Kier alpha value is 0.414. The second-order valence-corrected chi connectivity index (χ2v) is 26.3. The molecule has 2 rings (SSSR count). The van der Waals surface area contributed by atoms with Gasteiger partial charge in [0.1, 0.15) is 0 Å². The zero-order valence-corrected chi connectivity index (χ0v) is 33.2. The normalized spacial score (nSPS) is 11.0. The van der Waals surface area contributed by atoms with Gasteiger partial charge in [-0.2, -0.15) is 34.4 Å². The summed E-state index contributed by atoms with van der Waals surface area (Å²) in [7, 11) is -2.02. The maximum atomic E-state index is 6.06. The average molecular weight is 667 g/mol. The van der Waals surface area contributed by atoms with Crippen molar-refractivity contribution >= 4 is 23.5 Å². The van der Waals surface area contributed by atoms with E-state index in [4.69, 9.17) is 8.85 Å². The van der Waals surface area contributed by atoms with Gasteiger partial charge < -0.3 is 33.7 Å². The van der Waals surface area contributed by atoms with E-state index >= 15 is 0 Å². The first kappa shape index (κ1) is 40.9. The SMILES string of the molecule is C[Si](C)=[Zr+2].Cc1c[c-](C(C)(C)C)c(O[SiH](C)C)c1C.Cc1c[c-](C(C)(C)C)c(O[SiH](C)C)c1C.[Cl-].[Cl-]. The molecule has 0 bridgehead atoms. The van der Waals surface area contributed by atoms with Crippen LogP contribution in [-0.2, 0) is 34.2 Å². The van der Waals surface area contributed by atoms with Gasteiger partial charge in [-0.15, -0.1) is 11.1 Å². The van der Waals surface area contributed by atoms with Crippen LogP contribution in [0.2, 0.25) is 39.3 Å². The molecule has 0 aliphatic carbocycles. The fraction of sp³-hybridized carbons (Fsp3) is 0.643. The van der Waals surface area contributed by atoms with Crippen molar-refractivity contribution in [2.45, 2.75) is 119 Å². The minimum atomic E-state index is -1.01. The Kier molecular flexibility index (Phi) is 19.5. The quantitative estimate of drug-likeness (QED) is 0.368. The fourth-order valence-electron chi connectivity index (χ4n) is 3.43. The second kappa shape index (κ2) is 17.2. The van der Waals surface area contributed by atoms with Crippen molar-refractivity contribution in [2.75, 3.05) is 0 Å². The molecule has 0 spiro atoms. The summed E-state index contributed by atoms with van der Waals surface area (Å²) in [5.41, 5.74) is 8.63. The van der Waals surface area contributed by atoms with Gasteiger partial charge in [0.2, 0.25) is 18.1 Å². The van der Waals surface area contributed by atoms with Gasteiger partial charge >= 0.3 is 41.9 Å². The van der Waals surface area contributed by atoms with Gasteiger partial charge in [0.25, 0.3) is 0 Å². The summed E-state index contributed by atoms with van der Waals surface area (Å²) in [5, 5.41) is 0. The molecule has 208 valence electrons. The first-order valence-corrected chi connectivity index (χ1v) is 24.3. The Morgan fingerprint density at radius 1 is 0.667 bits per heavy atom. The largest absolute Gasteiger partial charge is 1.00 e. The average Bonchev–Trinajstić information content (AvgIpc) is 3.06. The molecule has 8 heteroatoms. The van der Waals surface area contributed by atoms with Crippen LogP contribution in [0.5, 0.6) is 11.5 Å². The summed E-state index contributed by atoms with van der Waals surface area (Å²) >= 11 is 1.74. The first-order valence-electron chi connectivity index (χ1n) is 12.6. The molecule has 2 nitrogen and oxygen atoms in total. The van der Waals surface area contributed by atoms with E-state index in [1.807, 2.05) is 0 Å². The third kappa shape index (κ3) is 14.0. The van der Waals surface area contributed by atoms with Crippen LogP contribution >= 0.6 is 0 Å². The molecule has 0 N–H and O–H groups in total. The molecule has 0 saturated heterocycles. The second-order valence-electron chi connectivity index (χ2n) is 12.2. The summed E-state index contributed by atoms with van der Waals surface area (Å²) in [6.45, 7) is 35.6. The number of hydrogen-bond donors (Lipinski definition) is 0. The topological polar surface area (TPSA) is 18.5 Å². The van der Waals surface area contributed by atoms with E-state index in [1.165, 1.54) is 33.4 Å². The molecule has 2 aromatic carbocycles. The Bertz CT molecular complexity index is 860. The zero-order valence-electron chi connectivity index (χ0n) is 25.9. The van der Waals surface area contributed by atoms with Crippen molar-refractivity contribution in [1.29, 1.82) is 0 Å². The van der Waals surface area contributed by atoms with Gasteiger partial charge in [0.15, 0.2) is 0 Å². The van der Waals surface area contributed by atoms with Gasteiger partial charge in [-0.3, -0.25) is 0 Å². The Labute approximate surface area is 255 Å². The fourth-order valence-corrected chi connectivity index (χ4v) is 4.98. The molecule has 0 aromatic heterocycles. The van der Waals surface area contributed by atoms with Crippen LogP contribution in [0.3, 0.4) is 0 Å². The van der Waals surface area contributed by atoms with Gasteiger partial charge in [0.05, 0.1) is 0 Å². The molecule has 2 aromatic rings. The molecule has 0 unspecified atom stereocenters. The molecular formula is C28H52Cl2O2Si3Zr-2. The van der Waals surface area contributed by atoms with Crippen molar-refractivity contribution in [3.8, 4) is 11.5 Å². The van der Waals surface area contributed by atoms with Crippen LogP contribution in [0.1, 0.15) is 74.9 Å². The molecule has 0 radical (unpaired) electrons. The predicted molar refractivity (Wildman–Crippen MR) is 157 cm³/mol. The minimum absolute atomic E-state index is 0. The van der Waals surface area contributed by atoms with Gasteiger partial charge in [-0.25, -0.2) is 0 Å². The molecule has 36 heavy (non-hydrogen) atoms. The van der Waals surface area contributed by atoms with Crippen molar-refractivity contribution in [1.82, 2.24) is 0 Å². The standard InChI is InChI=1S/2C13H23OSi.C2H6Si.2ClH.Zr/c2*1-9-8-11(13(3,4)5)12(10(9)2)14-15(6)7;1-3-2;;;/h2*8,15H,1-7H3;1-2H3;2*1H;/q2*-1;;;;+2/p-2. The summed E-state index contributed by atoms with van der Waals surface area (Å²) in [4.78, 5) is 0. The van der Waals surface area contributed by atoms with E-state index in [-0.39, 0.29) is 41.1 Å². The van der Waals surface area contributed by atoms with Crippen LogP contribution in [0, 0.1) is 27.7 Å². The van der Waals surface area contributed by atoms with Gasteiger partial charge in [-0.05, 0) is 37.7 Å². The van der Waals surface area contributed by atoms with E-state index in [0.717, 1.165) is 11.5 Å². The number of aryl methyl sites for hydroxylation is 2. The Balaban J connectivity index is -0.000000502. The van der Waals surface area contributed by atoms with Crippen molar-refractivity contribution < 1.29 is 57.0 Å². The number of halogens is 2. The third-order valence-corrected chi connectivity index (χ3v) is 6.81. The van der Waals surface area contributed by atoms with Crippen molar-refractivity contribution in [2.24, 2.45) is 0 Å². The summed E-state index contributed by atoms with van der Waals surface area (Å²) in [5.74, 6) is 2.31. The van der Waals surface area contributed by atoms with Crippen molar-refractivity contribution in [3.63, 3.8) is 0 Å². The monoisotopic (exact) mass is 664 g/mol. The van der Waals surface area contributed by atoms with Crippen molar-refractivity contribution in [3.05, 3.63) is 45.5 Å². The zero-order chi connectivity index (χ0) is 27.2. The van der Waals surface area contributed by atoms with Crippen LogP contribution in [0.4, 0.5) is 0 Å². The molecule has 0 fully saturated rings. The summed E-state index contributed by atoms with van der Waals surface area (Å²) < 4.78 is 12.1. The van der Waals surface area contributed by atoms with E-state index < -0.39 is 18.1 Å².